The summed E-state index contributed by atoms with van der Waals surface area (Å²) in [7, 11) is 0. The lowest BCUT2D eigenvalue weighted by molar-refractivity contribution is 0.362. The zero-order valence-electron chi connectivity index (χ0n) is 11.7. The molecule has 22 heavy (non-hydrogen) atoms. The lowest BCUT2D eigenvalue weighted by Crippen LogP contribution is -1.95. The number of nitriles is 1. The van der Waals surface area contributed by atoms with Crippen LogP contribution in [-0.4, -0.2) is 6.61 Å². The first kappa shape index (κ1) is 16.5. The molecule has 0 aromatic heterocycles. The van der Waals surface area contributed by atoms with Crippen molar-refractivity contribution in [1.82, 2.24) is 0 Å². The van der Waals surface area contributed by atoms with Gasteiger partial charge in [-0.3, -0.25) is 0 Å². The molecule has 4 heteroatoms. The van der Waals surface area contributed by atoms with Crippen LogP contribution in [0, 0.1) is 11.3 Å². The van der Waals surface area contributed by atoms with Gasteiger partial charge in [0, 0.05) is 14.5 Å². The van der Waals surface area contributed by atoms with Gasteiger partial charge in [0.1, 0.15) is 12.4 Å². The SMILES string of the molecule is C=CCOc1ccc(Br)cc1/C=C(/C#N)c1ccc(Br)cc1. The Morgan fingerprint density at radius 3 is 2.45 bits per heavy atom. The first-order valence-electron chi connectivity index (χ1n) is 6.55. The van der Waals surface area contributed by atoms with E-state index in [1.807, 2.05) is 48.5 Å². The van der Waals surface area contributed by atoms with Gasteiger partial charge in [-0.25, -0.2) is 0 Å². The van der Waals surface area contributed by atoms with E-state index >= 15 is 0 Å². The van der Waals surface area contributed by atoms with Gasteiger partial charge in [0.05, 0.1) is 11.6 Å². The first-order chi connectivity index (χ1) is 10.6. The second kappa shape index (κ2) is 7.98. The molecule has 0 spiro atoms. The summed E-state index contributed by atoms with van der Waals surface area (Å²) >= 11 is 6.84. The van der Waals surface area contributed by atoms with Gasteiger partial charge in [0.25, 0.3) is 0 Å². The Balaban J connectivity index is 2.44. The van der Waals surface area contributed by atoms with Crippen LogP contribution >= 0.6 is 31.9 Å². The lowest BCUT2D eigenvalue weighted by Gasteiger charge is -2.09. The molecule has 0 aliphatic heterocycles. The Kier molecular flexibility index (Phi) is 6.00. The quantitative estimate of drug-likeness (QED) is 0.347. The summed E-state index contributed by atoms with van der Waals surface area (Å²) in [5.41, 5.74) is 2.28. The fourth-order valence-electron chi connectivity index (χ4n) is 1.88. The fraction of sp³-hybridized carbons (Fsp3) is 0.0556. The van der Waals surface area contributed by atoms with Crippen molar-refractivity contribution in [2.24, 2.45) is 0 Å². The molecular formula is C18H13Br2NO. The number of nitrogens with zero attached hydrogens (tertiary/aromatic N) is 1. The van der Waals surface area contributed by atoms with E-state index in [0.717, 1.165) is 20.1 Å². The second-order valence-electron chi connectivity index (χ2n) is 4.46. The van der Waals surface area contributed by atoms with Crippen molar-refractivity contribution in [1.29, 1.82) is 5.26 Å². The van der Waals surface area contributed by atoms with Crippen LogP contribution in [0.3, 0.4) is 0 Å². The molecule has 2 rings (SSSR count). The molecule has 110 valence electrons. The molecule has 0 atom stereocenters. The Bertz CT molecular complexity index is 743. The molecule has 2 nitrogen and oxygen atoms in total. The number of benzene rings is 2. The Morgan fingerprint density at radius 2 is 1.82 bits per heavy atom. The van der Waals surface area contributed by atoms with Crippen LogP contribution in [0.25, 0.3) is 11.6 Å². The summed E-state index contributed by atoms with van der Waals surface area (Å²) < 4.78 is 7.55. The van der Waals surface area contributed by atoms with Crippen molar-refractivity contribution in [3.63, 3.8) is 0 Å². The zero-order chi connectivity index (χ0) is 15.9. The van der Waals surface area contributed by atoms with Crippen molar-refractivity contribution < 1.29 is 4.74 Å². The van der Waals surface area contributed by atoms with Gasteiger partial charge in [-0.15, -0.1) is 0 Å². The van der Waals surface area contributed by atoms with Gasteiger partial charge in [-0.2, -0.15) is 5.26 Å². The molecular weight excluding hydrogens is 406 g/mol. The van der Waals surface area contributed by atoms with Crippen LogP contribution in [-0.2, 0) is 0 Å². The molecule has 0 fully saturated rings. The van der Waals surface area contributed by atoms with E-state index in [1.165, 1.54) is 0 Å². The fourth-order valence-corrected chi connectivity index (χ4v) is 2.52. The van der Waals surface area contributed by atoms with Gasteiger partial charge in [-0.05, 0) is 42.0 Å². The molecule has 0 saturated heterocycles. The molecule has 2 aromatic carbocycles. The summed E-state index contributed by atoms with van der Waals surface area (Å²) in [6.07, 6.45) is 3.52. The third-order valence-electron chi connectivity index (χ3n) is 2.90. The molecule has 0 aliphatic carbocycles. The predicted molar refractivity (Wildman–Crippen MR) is 97.5 cm³/mol. The standard InChI is InChI=1S/C18H13Br2NO/c1-2-9-22-18-8-7-17(20)11-14(18)10-15(12-21)13-3-5-16(19)6-4-13/h2-8,10-11H,1,9H2/b15-10-. The van der Waals surface area contributed by atoms with Crippen LogP contribution in [0.2, 0.25) is 0 Å². The van der Waals surface area contributed by atoms with Crippen LogP contribution < -0.4 is 4.74 Å². The molecule has 0 bridgehead atoms. The monoisotopic (exact) mass is 417 g/mol. The molecule has 0 amide bonds. The zero-order valence-corrected chi connectivity index (χ0v) is 14.9. The number of hydrogen-bond acceptors (Lipinski definition) is 2. The first-order valence-corrected chi connectivity index (χ1v) is 8.13. The third-order valence-corrected chi connectivity index (χ3v) is 3.93. The minimum atomic E-state index is 0.419. The maximum atomic E-state index is 9.45. The minimum absolute atomic E-state index is 0.419. The molecule has 0 N–H and O–H groups in total. The van der Waals surface area contributed by atoms with Gasteiger partial charge in [0.15, 0.2) is 0 Å². The number of allylic oxidation sites excluding steroid dienone is 1. The van der Waals surface area contributed by atoms with Crippen molar-refractivity contribution in [3.8, 4) is 11.8 Å². The van der Waals surface area contributed by atoms with E-state index in [9.17, 15) is 5.26 Å². The van der Waals surface area contributed by atoms with Crippen molar-refractivity contribution in [2.75, 3.05) is 6.61 Å². The average Bonchev–Trinajstić information content (AvgIpc) is 2.53. The highest BCUT2D eigenvalue weighted by Crippen LogP contribution is 2.28. The van der Waals surface area contributed by atoms with E-state index in [1.54, 1.807) is 6.08 Å². The van der Waals surface area contributed by atoms with Gasteiger partial charge < -0.3 is 4.74 Å². The molecule has 0 saturated carbocycles. The average molecular weight is 419 g/mol. The maximum Gasteiger partial charge on any atom is 0.127 e. The van der Waals surface area contributed by atoms with E-state index < -0.39 is 0 Å². The Morgan fingerprint density at radius 1 is 1.14 bits per heavy atom. The molecule has 0 radical (unpaired) electrons. The summed E-state index contributed by atoms with van der Waals surface area (Å²) in [4.78, 5) is 0. The summed E-state index contributed by atoms with van der Waals surface area (Å²) in [5, 5.41) is 9.45. The summed E-state index contributed by atoms with van der Waals surface area (Å²) in [6, 6.07) is 15.6. The topological polar surface area (TPSA) is 33.0 Å². The van der Waals surface area contributed by atoms with Crippen LogP contribution in [0.15, 0.2) is 64.1 Å². The van der Waals surface area contributed by atoms with Crippen molar-refractivity contribution in [2.45, 2.75) is 0 Å². The second-order valence-corrected chi connectivity index (χ2v) is 6.29. The highest BCUT2D eigenvalue weighted by Gasteiger charge is 2.06. The number of hydrogen-bond donors (Lipinski definition) is 0. The highest BCUT2D eigenvalue weighted by molar-refractivity contribution is 9.10. The lowest BCUT2D eigenvalue weighted by atomic mass is 10.0. The normalized spacial score (nSPS) is 10.9. The van der Waals surface area contributed by atoms with Gasteiger partial charge in [-0.1, -0.05) is 56.6 Å². The summed E-state index contributed by atoms with van der Waals surface area (Å²) in [5.74, 6) is 0.716. The molecule has 2 aromatic rings. The van der Waals surface area contributed by atoms with Crippen molar-refractivity contribution >= 4 is 43.5 Å². The van der Waals surface area contributed by atoms with E-state index in [0.29, 0.717) is 17.9 Å². The van der Waals surface area contributed by atoms with E-state index in [4.69, 9.17) is 4.74 Å². The van der Waals surface area contributed by atoms with E-state index in [2.05, 4.69) is 44.5 Å². The Labute approximate surface area is 147 Å². The Hall–Kier alpha value is -1.83. The predicted octanol–water partition coefficient (Wildman–Crippen LogP) is 5.84. The van der Waals surface area contributed by atoms with Gasteiger partial charge >= 0.3 is 0 Å². The summed E-state index contributed by atoms with van der Waals surface area (Å²) in [6.45, 7) is 4.07. The van der Waals surface area contributed by atoms with Crippen LogP contribution in [0.5, 0.6) is 5.75 Å². The minimum Gasteiger partial charge on any atom is -0.489 e. The molecule has 0 aliphatic rings. The smallest absolute Gasteiger partial charge is 0.127 e. The van der Waals surface area contributed by atoms with Gasteiger partial charge in [0.2, 0.25) is 0 Å². The third kappa shape index (κ3) is 4.33. The van der Waals surface area contributed by atoms with Crippen molar-refractivity contribution in [3.05, 3.63) is 75.2 Å². The number of ether oxygens (including phenoxy) is 1. The number of rotatable bonds is 5. The largest absolute Gasteiger partial charge is 0.489 e. The number of halogens is 2. The van der Waals surface area contributed by atoms with Crippen LogP contribution in [0.4, 0.5) is 0 Å². The molecule has 0 heterocycles. The highest BCUT2D eigenvalue weighted by atomic mass is 79.9. The van der Waals surface area contributed by atoms with E-state index in [-0.39, 0.29) is 0 Å². The molecule has 0 unspecified atom stereocenters. The maximum absolute atomic E-state index is 9.45. The van der Waals surface area contributed by atoms with Crippen LogP contribution in [0.1, 0.15) is 11.1 Å².